The molecule has 2 rings (SSSR count). The van der Waals surface area contributed by atoms with E-state index in [0.717, 1.165) is 6.42 Å². The standard InChI is InChI=1S/C11H14N4O3/c12-7-3-1-4-8(10(7)15(17)18)14-6-2-5-9(14)11(13)16/h1,3-4,9H,2,5-6,12H2,(H2,13,16). The third-order valence-corrected chi connectivity index (χ3v) is 3.12. The normalized spacial score (nSPS) is 18.9. The molecule has 7 nitrogen and oxygen atoms in total. The highest BCUT2D eigenvalue weighted by Crippen LogP contribution is 2.37. The Morgan fingerprint density at radius 3 is 2.83 bits per heavy atom. The molecule has 18 heavy (non-hydrogen) atoms. The monoisotopic (exact) mass is 250 g/mol. The Morgan fingerprint density at radius 1 is 1.50 bits per heavy atom. The zero-order valence-electron chi connectivity index (χ0n) is 9.70. The fourth-order valence-corrected chi connectivity index (χ4v) is 2.33. The van der Waals surface area contributed by atoms with Crippen molar-refractivity contribution in [2.45, 2.75) is 18.9 Å². The molecule has 1 saturated heterocycles. The number of carbonyl (C=O) groups is 1. The highest BCUT2D eigenvalue weighted by Gasteiger charge is 2.33. The van der Waals surface area contributed by atoms with Crippen LogP contribution in [0.25, 0.3) is 0 Å². The van der Waals surface area contributed by atoms with Crippen LogP contribution in [0.5, 0.6) is 0 Å². The summed E-state index contributed by atoms with van der Waals surface area (Å²) in [4.78, 5) is 23.5. The number of hydrogen-bond donors (Lipinski definition) is 2. The van der Waals surface area contributed by atoms with Crippen LogP contribution >= 0.6 is 0 Å². The molecule has 1 atom stereocenters. The predicted molar refractivity (Wildman–Crippen MR) is 67.1 cm³/mol. The van der Waals surface area contributed by atoms with Crippen LogP contribution in [0, 0.1) is 10.1 Å². The first kappa shape index (κ1) is 12.2. The van der Waals surface area contributed by atoms with Gasteiger partial charge in [-0.3, -0.25) is 14.9 Å². The van der Waals surface area contributed by atoms with Crippen LogP contribution in [0.4, 0.5) is 17.1 Å². The van der Waals surface area contributed by atoms with E-state index in [2.05, 4.69) is 0 Å². The van der Waals surface area contributed by atoms with Crippen LogP contribution in [0.15, 0.2) is 18.2 Å². The van der Waals surface area contributed by atoms with E-state index in [1.54, 1.807) is 17.0 Å². The first-order valence-corrected chi connectivity index (χ1v) is 5.61. The van der Waals surface area contributed by atoms with Gasteiger partial charge >= 0.3 is 5.69 Å². The van der Waals surface area contributed by atoms with Crippen molar-refractivity contribution >= 4 is 23.0 Å². The number of para-hydroxylation sites is 1. The lowest BCUT2D eigenvalue weighted by atomic mass is 10.1. The number of hydrogen-bond acceptors (Lipinski definition) is 5. The number of carbonyl (C=O) groups excluding carboxylic acids is 1. The Kier molecular flexibility index (Phi) is 3.05. The number of nitro groups is 1. The predicted octanol–water partition coefficient (Wildman–Crippen LogP) is 0.631. The van der Waals surface area contributed by atoms with Gasteiger partial charge in [-0.05, 0) is 25.0 Å². The fourth-order valence-electron chi connectivity index (χ4n) is 2.33. The number of nitrogens with two attached hydrogens (primary N) is 2. The van der Waals surface area contributed by atoms with Gasteiger partial charge < -0.3 is 16.4 Å². The second-order valence-electron chi connectivity index (χ2n) is 4.23. The van der Waals surface area contributed by atoms with Crippen LogP contribution in [0.1, 0.15) is 12.8 Å². The van der Waals surface area contributed by atoms with Crippen molar-refractivity contribution in [3.63, 3.8) is 0 Å². The van der Waals surface area contributed by atoms with Crippen molar-refractivity contribution in [2.75, 3.05) is 17.2 Å². The molecule has 0 radical (unpaired) electrons. The van der Waals surface area contributed by atoms with E-state index in [0.29, 0.717) is 18.7 Å². The average Bonchev–Trinajstić information content (AvgIpc) is 2.76. The van der Waals surface area contributed by atoms with E-state index < -0.39 is 16.9 Å². The summed E-state index contributed by atoms with van der Waals surface area (Å²) in [7, 11) is 0. The molecule has 1 aliphatic heterocycles. The summed E-state index contributed by atoms with van der Waals surface area (Å²) in [6.45, 7) is 0.567. The van der Waals surface area contributed by atoms with Gasteiger partial charge in [0.15, 0.2) is 0 Å². The summed E-state index contributed by atoms with van der Waals surface area (Å²) < 4.78 is 0. The number of nitrogen functional groups attached to an aromatic ring is 1. The quantitative estimate of drug-likeness (QED) is 0.463. The van der Waals surface area contributed by atoms with E-state index in [1.165, 1.54) is 6.07 Å². The zero-order valence-corrected chi connectivity index (χ0v) is 9.70. The third-order valence-electron chi connectivity index (χ3n) is 3.12. The number of nitro benzene ring substituents is 1. The first-order valence-electron chi connectivity index (χ1n) is 5.61. The maximum absolute atomic E-state index is 11.3. The average molecular weight is 250 g/mol. The minimum Gasteiger partial charge on any atom is -0.393 e. The van der Waals surface area contributed by atoms with Gasteiger partial charge in [-0.25, -0.2) is 0 Å². The lowest BCUT2D eigenvalue weighted by Crippen LogP contribution is -2.40. The van der Waals surface area contributed by atoms with Crippen molar-refractivity contribution in [2.24, 2.45) is 5.73 Å². The molecule has 1 fully saturated rings. The number of primary amides is 1. The summed E-state index contributed by atoms with van der Waals surface area (Å²) >= 11 is 0. The minimum atomic E-state index is -0.527. The summed E-state index contributed by atoms with van der Waals surface area (Å²) in [6.07, 6.45) is 1.39. The van der Waals surface area contributed by atoms with Crippen molar-refractivity contribution in [3.05, 3.63) is 28.3 Å². The number of benzene rings is 1. The molecule has 4 N–H and O–H groups in total. The van der Waals surface area contributed by atoms with Crippen molar-refractivity contribution < 1.29 is 9.72 Å². The molecule has 7 heteroatoms. The van der Waals surface area contributed by atoms with Gasteiger partial charge in [0.1, 0.15) is 17.4 Å². The Morgan fingerprint density at radius 2 is 2.22 bits per heavy atom. The summed E-state index contributed by atoms with van der Waals surface area (Å²) in [5, 5.41) is 11.1. The fraction of sp³-hybridized carbons (Fsp3) is 0.364. The van der Waals surface area contributed by atoms with Gasteiger partial charge in [-0.15, -0.1) is 0 Å². The Labute approximate surface area is 104 Å². The van der Waals surface area contributed by atoms with Crippen molar-refractivity contribution in [1.29, 1.82) is 0 Å². The lowest BCUT2D eigenvalue weighted by Gasteiger charge is -2.24. The molecule has 1 unspecified atom stereocenters. The van der Waals surface area contributed by atoms with E-state index in [1.807, 2.05) is 0 Å². The highest BCUT2D eigenvalue weighted by molar-refractivity contribution is 5.87. The van der Waals surface area contributed by atoms with Gasteiger partial charge in [0.2, 0.25) is 5.91 Å². The molecule has 1 aromatic rings. The van der Waals surface area contributed by atoms with Gasteiger partial charge in [0.25, 0.3) is 0 Å². The van der Waals surface area contributed by atoms with Gasteiger partial charge in [-0.2, -0.15) is 0 Å². The zero-order chi connectivity index (χ0) is 13.3. The molecular weight excluding hydrogens is 236 g/mol. The van der Waals surface area contributed by atoms with E-state index in [4.69, 9.17) is 11.5 Å². The molecule has 0 aliphatic carbocycles. The van der Waals surface area contributed by atoms with Crippen LogP contribution in [0.2, 0.25) is 0 Å². The molecule has 1 aromatic carbocycles. The number of anilines is 2. The van der Waals surface area contributed by atoms with Gasteiger partial charge in [0, 0.05) is 6.54 Å². The first-order chi connectivity index (χ1) is 8.52. The van der Waals surface area contributed by atoms with Crippen LogP contribution in [-0.2, 0) is 4.79 Å². The number of amides is 1. The maximum Gasteiger partial charge on any atom is 0.315 e. The molecule has 1 heterocycles. The summed E-state index contributed by atoms with van der Waals surface area (Å²) in [5.74, 6) is -0.468. The Balaban J connectivity index is 2.48. The maximum atomic E-state index is 11.3. The van der Waals surface area contributed by atoms with Crippen molar-refractivity contribution in [1.82, 2.24) is 0 Å². The second kappa shape index (κ2) is 4.52. The SMILES string of the molecule is NC(=O)C1CCCN1c1cccc(N)c1[N+](=O)[O-]. The number of rotatable bonds is 3. The minimum absolute atomic E-state index is 0.0904. The highest BCUT2D eigenvalue weighted by atomic mass is 16.6. The smallest absolute Gasteiger partial charge is 0.315 e. The van der Waals surface area contributed by atoms with Crippen molar-refractivity contribution in [3.8, 4) is 0 Å². The molecule has 0 aromatic heterocycles. The topological polar surface area (TPSA) is 115 Å². The molecule has 1 amide bonds. The molecule has 1 aliphatic rings. The van der Waals surface area contributed by atoms with E-state index >= 15 is 0 Å². The largest absolute Gasteiger partial charge is 0.393 e. The third kappa shape index (κ3) is 1.94. The van der Waals surface area contributed by atoms with E-state index in [9.17, 15) is 14.9 Å². The molecule has 0 saturated carbocycles. The lowest BCUT2D eigenvalue weighted by molar-refractivity contribution is -0.383. The van der Waals surface area contributed by atoms with Crippen LogP contribution in [0.3, 0.4) is 0 Å². The van der Waals surface area contributed by atoms with E-state index in [-0.39, 0.29) is 11.4 Å². The van der Waals surface area contributed by atoms with Gasteiger partial charge in [0.05, 0.1) is 4.92 Å². The molecule has 96 valence electrons. The van der Waals surface area contributed by atoms with Crippen LogP contribution < -0.4 is 16.4 Å². The summed E-state index contributed by atoms with van der Waals surface area (Å²) in [6, 6.07) is 4.20. The molecule has 0 bridgehead atoms. The Bertz CT molecular complexity index is 503. The van der Waals surface area contributed by atoms with Gasteiger partial charge in [-0.1, -0.05) is 6.07 Å². The summed E-state index contributed by atoms with van der Waals surface area (Å²) in [5.41, 5.74) is 11.2. The molecular formula is C11H14N4O3. The Hall–Kier alpha value is -2.31. The molecule has 0 spiro atoms. The second-order valence-corrected chi connectivity index (χ2v) is 4.23. The number of nitrogens with zero attached hydrogens (tertiary/aromatic N) is 2. The van der Waals surface area contributed by atoms with Crippen LogP contribution in [-0.4, -0.2) is 23.4 Å².